The lowest BCUT2D eigenvalue weighted by molar-refractivity contribution is -0.116. The van der Waals surface area contributed by atoms with Crippen molar-refractivity contribution >= 4 is 23.2 Å². The third-order valence-electron chi connectivity index (χ3n) is 3.76. The van der Waals surface area contributed by atoms with Crippen LogP contribution in [0.5, 0.6) is 17.2 Å². The predicted molar refractivity (Wildman–Crippen MR) is 92.7 cm³/mol. The van der Waals surface area contributed by atoms with E-state index >= 15 is 0 Å². The van der Waals surface area contributed by atoms with Crippen LogP contribution in [-0.2, 0) is 4.79 Å². The molecule has 0 bridgehead atoms. The van der Waals surface area contributed by atoms with Gasteiger partial charge in [-0.3, -0.25) is 9.59 Å². The van der Waals surface area contributed by atoms with Crippen molar-refractivity contribution in [2.75, 3.05) is 31.5 Å². The normalized spacial score (nSPS) is 13.0. The van der Waals surface area contributed by atoms with Gasteiger partial charge in [0, 0.05) is 11.6 Å². The second kappa shape index (κ2) is 7.12. The molecule has 7 nitrogen and oxygen atoms in total. The zero-order chi connectivity index (χ0) is 17.8. The van der Waals surface area contributed by atoms with Crippen molar-refractivity contribution in [2.45, 2.75) is 6.42 Å². The topological polar surface area (TPSA) is 85.9 Å². The van der Waals surface area contributed by atoms with Crippen molar-refractivity contribution < 1.29 is 23.8 Å². The molecule has 1 aliphatic heterocycles. The van der Waals surface area contributed by atoms with Gasteiger partial charge in [0.2, 0.25) is 5.91 Å². The third-order valence-corrected chi connectivity index (χ3v) is 3.76. The minimum absolute atomic E-state index is 0.147. The second-order valence-electron chi connectivity index (χ2n) is 5.38. The highest BCUT2D eigenvalue weighted by atomic mass is 16.5. The standard InChI is InChI=1S/C18H18N2O5/c1-23-12-4-6-15(24-2)14(10-12)20-18(22)11-3-5-16-13(9-11)19-17(21)7-8-25-16/h3-6,9-10H,7-8H2,1-2H3,(H,19,21)(H,20,22). The Balaban J connectivity index is 1.86. The van der Waals surface area contributed by atoms with Crippen molar-refractivity contribution in [2.24, 2.45) is 0 Å². The van der Waals surface area contributed by atoms with Crippen LogP contribution in [0.1, 0.15) is 16.8 Å². The van der Waals surface area contributed by atoms with E-state index in [4.69, 9.17) is 14.2 Å². The molecule has 0 atom stereocenters. The fourth-order valence-corrected chi connectivity index (χ4v) is 2.47. The van der Waals surface area contributed by atoms with E-state index in [0.717, 1.165) is 0 Å². The molecule has 3 rings (SSSR count). The number of carbonyl (C=O) groups excluding carboxylic acids is 2. The van der Waals surface area contributed by atoms with Crippen molar-refractivity contribution in [3.8, 4) is 17.2 Å². The molecule has 1 heterocycles. The van der Waals surface area contributed by atoms with Gasteiger partial charge < -0.3 is 24.8 Å². The van der Waals surface area contributed by atoms with Crippen LogP contribution in [0.4, 0.5) is 11.4 Å². The quantitative estimate of drug-likeness (QED) is 0.892. The lowest BCUT2D eigenvalue weighted by Crippen LogP contribution is -2.14. The fourth-order valence-electron chi connectivity index (χ4n) is 2.47. The lowest BCUT2D eigenvalue weighted by atomic mass is 10.1. The molecule has 0 radical (unpaired) electrons. The predicted octanol–water partition coefficient (Wildman–Crippen LogP) is 2.68. The Morgan fingerprint density at radius 3 is 2.76 bits per heavy atom. The van der Waals surface area contributed by atoms with Crippen LogP contribution in [0, 0.1) is 0 Å². The Morgan fingerprint density at radius 1 is 1.16 bits per heavy atom. The molecule has 7 heteroatoms. The van der Waals surface area contributed by atoms with Crippen LogP contribution in [-0.4, -0.2) is 32.6 Å². The van der Waals surface area contributed by atoms with E-state index < -0.39 is 0 Å². The average molecular weight is 342 g/mol. The van der Waals surface area contributed by atoms with Gasteiger partial charge in [0.05, 0.1) is 38.6 Å². The summed E-state index contributed by atoms with van der Waals surface area (Å²) in [6.07, 6.45) is 0.275. The number of carbonyl (C=O) groups is 2. The van der Waals surface area contributed by atoms with Gasteiger partial charge in [-0.25, -0.2) is 0 Å². The number of rotatable bonds is 4. The zero-order valence-corrected chi connectivity index (χ0v) is 13.9. The second-order valence-corrected chi connectivity index (χ2v) is 5.38. The molecule has 0 aliphatic carbocycles. The summed E-state index contributed by atoms with van der Waals surface area (Å²) in [6.45, 7) is 0.311. The van der Waals surface area contributed by atoms with Gasteiger partial charge in [0.15, 0.2) is 0 Å². The number of ether oxygens (including phenoxy) is 3. The van der Waals surface area contributed by atoms with Crippen LogP contribution < -0.4 is 24.8 Å². The van der Waals surface area contributed by atoms with Gasteiger partial charge in [0.25, 0.3) is 5.91 Å². The first-order chi connectivity index (χ1) is 12.1. The highest BCUT2D eigenvalue weighted by Crippen LogP contribution is 2.31. The maximum absolute atomic E-state index is 12.6. The molecule has 25 heavy (non-hydrogen) atoms. The van der Waals surface area contributed by atoms with E-state index in [-0.39, 0.29) is 18.2 Å². The minimum Gasteiger partial charge on any atom is -0.497 e. The summed E-state index contributed by atoms with van der Waals surface area (Å²) in [7, 11) is 3.06. The van der Waals surface area contributed by atoms with Gasteiger partial charge in [-0.2, -0.15) is 0 Å². The molecule has 0 saturated heterocycles. The molecule has 130 valence electrons. The van der Waals surface area contributed by atoms with E-state index in [1.165, 1.54) is 7.11 Å². The van der Waals surface area contributed by atoms with Crippen LogP contribution in [0.15, 0.2) is 36.4 Å². The van der Waals surface area contributed by atoms with Gasteiger partial charge >= 0.3 is 0 Å². The molecular formula is C18H18N2O5. The first-order valence-electron chi connectivity index (χ1n) is 7.71. The van der Waals surface area contributed by atoms with Crippen LogP contribution in [0.25, 0.3) is 0 Å². The smallest absolute Gasteiger partial charge is 0.255 e. The fraction of sp³-hybridized carbons (Fsp3) is 0.222. The highest BCUT2D eigenvalue weighted by Gasteiger charge is 2.17. The van der Waals surface area contributed by atoms with Gasteiger partial charge in [-0.05, 0) is 30.3 Å². The maximum atomic E-state index is 12.6. The Bertz CT molecular complexity index is 819. The van der Waals surface area contributed by atoms with Crippen molar-refractivity contribution in [1.82, 2.24) is 0 Å². The first-order valence-corrected chi connectivity index (χ1v) is 7.71. The van der Waals surface area contributed by atoms with Crippen LogP contribution in [0.3, 0.4) is 0 Å². The number of anilines is 2. The van der Waals surface area contributed by atoms with E-state index in [1.54, 1.807) is 43.5 Å². The Morgan fingerprint density at radius 2 is 2.00 bits per heavy atom. The molecule has 0 saturated carbocycles. The molecule has 2 aromatic rings. The molecule has 2 amide bonds. The lowest BCUT2D eigenvalue weighted by Gasteiger charge is -2.13. The number of fused-ring (bicyclic) bond motifs is 1. The average Bonchev–Trinajstić information content (AvgIpc) is 2.81. The summed E-state index contributed by atoms with van der Waals surface area (Å²) in [5.74, 6) is 1.17. The number of hydrogen-bond donors (Lipinski definition) is 2. The molecule has 2 N–H and O–H groups in total. The van der Waals surface area contributed by atoms with E-state index in [9.17, 15) is 9.59 Å². The van der Waals surface area contributed by atoms with Crippen molar-refractivity contribution in [3.63, 3.8) is 0 Å². The summed E-state index contributed by atoms with van der Waals surface area (Å²) in [6, 6.07) is 10.0. The Kier molecular flexibility index (Phi) is 4.74. The summed E-state index contributed by atoms with van der Waals surface area (Å²) in [4.78, 5) is 24.2. The Hall–Kier alpha value is -3.22. The van der Waals surface area contributed by atoms with E-state index in [0.29, 0.717) is 40.8 Å². The number of methoxy groups -OCH3 is 2. The van der Waals surface area contributed by atoms with Crippen molar-refractivity contribution in [1.29, 1.82) is 0 Å². The third kappa shape index (κ3) is 3.65. The molecule has 0 unspecified atom stereocenters. The first kappa shape index (κ1) is 16.6. The van der Waals surface area contributed by atoms with Crippen LogP contribution >= 0.6 is 0 Å². The van der Waals surface area contributed by atoms with E-state index in [2.05, 4.69) is 10.6 Å². The van der Waals surface area contributed by atoms with Gasteiger partial charge in [0.1, 0.15) is 17.2 Å². The Labute approximate surface area is 144 Å². The molecule has 0 spiro atoms. The number of nitrogens with one attached hydrogen (secondary N) is 2. The summed E-state index contributed by atoms with van der Waals surface area (Å²) >= 11 is 0. The molecule has 2 aromatic carbocycles. The van der Waals surface area contributed by atoms with Gasteiger partial charge in [-0.15, -0.1) is 0 Å². The van der Waals surface area contributed by atoms with Crippen molar-refractivity contribution in [3.05, 3.63) is 42.0 Å². The summed E-state index contributed by atoms with van der Waals surface area (Å²) < 4.78 is 15.9. The maximum Gasteiger partial charge on any atom is 0.255 e. The molecule has 0 aromatic heterocycles. The molecular weight excluding hydrogens is 324 g/mol. The largest absolute Gasteiger partial charge is 0.497 e. The monoisotopic (exact) mass is 342 g/mol. The van der Waals surface area contributed by atoms with Crippen LogP contribution in [0.2, 0.25) is 0 Å². The van der Waals surface area contributed by atoms with E-state index in [1.807, 2.05) is 0 Å². The number of hydrogen-bond acceptors (Lipinski definition) is 5. The van der Waals surface area contributed by atoms with Gasteiger partial charge in [-0.1, -0.05) is 0 Å². The highest BCUT2D eigenvalue weighted by molar-refractivity contribution is 6.06. The molecule has 0 fully saturated rings. The minimum atomic E-state index is -0.340. The molecule has 1 aliphatic rings. The number of benzene rings is 2. The zero-order valence-electron chi connectivity index (χ0n) is 13.9. The SMILES string of the molecule is COc1ccc(OC)c(NC(=O)c2ccc3c(c2)NC(=O)CCO3)c1. The summed E-state index contributed by atoms with van der Waals surface area (Å²) in [5, 5.41) is 5.52. The summed E-state index contributed by atoms with van der Waals surface area (Å²) in [5.41, 5.74) is 1.35. The number of amides is 2.